The lowest BCUT2D eigenvalue weighted by Crippen LogP contribution is -2.17. The van der Waals surface area contributed by atoms with Crippen molar-refractivity contribution in [2.24, 2.45) is 0 Å². The van der Waals surface area contributed by atoms with Gasteiger partial charge >= 0.3 is 0 Å². The summed E-state index contributed by atoms with van der Waals surface area (Å²) in [6, 6.07) is 13.8. The van der Waals surface area contributed by atoms with Gasteiger partial charge in [-0.05, 0) is 36.8 Å². The summed E-state index contributed by atoms with van der Waals surface area (Å²) < 4.78 is 10.5. The van der Waals surface area contributed by atoms with Crippen molar-refractivity contribution in [1.29, 1.82) is 0 Å². The molecule has 6 heteroatoms. The van der Waals surface area contributed by atoms with Gasteiger partial charge in [0.05, 0.1) is 32.2 Å². The molecular formula is C19H22N4O2. The molecule has 0 saturated carbocycles. The molecule has 3 rings (SSSR count). The molecule has 3 aromatic rings. The van der Waals surface area contributed by atoms with E-state index < -0.39 is 0 Å². The molecule has 0 amide bonds. The first-order valence-corrected chi connectivity index (χ1v) is 8.01. The quantitative estimate of drug-likeness (QED) is 0.746. The summed E-state index contributed by atoms with van der Waals surface area (Å²) in [4.78, 5) is 6.60. The molecule has 0 aliphatic carbocycles. The van der Waals surface area contributed by atoms with Gasteiger partial charge in [-0.1, -0.05) is 0 Å². The number of H-pyrrole nitrogens is 1. The maximum atomic E-state index is 5.31. The van der Waals surface area contributed by atoms with E-state index in [0.29, 0.717) is 6.54 Å². The first-order chi connectivity index (χ1) is 12.1. The second kappa shape index (κ2) is 7.25. The fourth-order valence-corrected chi connectivity index (χ4v) is 2.65. The Labute approximate surface area is 147 Å². The lowest BCUT2D eigenvalue weighted by molar-refractivity contribution is 0.413. The molecule has 0 aliphatic heterocycles. The Morgan fingerprint density at radius 2 is 1.72 bits per heavy atom. The van der Waals surface area contributed by atoms with Gasteiger partial charge in [-0.15, -0.1) is 0 Å². The maximum absolute atomic E-state index is 5.31. The van der Waals surface area contributed by atoms with Crippen LogP contribution in [0.4, 0.5) is 5.82 Å². The minimum absolute atomic E-state index is 0.644. The van der Waals surface area contributed by atoms with Crippen LogP contribution in [0.5, 0.6) is 11.5 Å². The third kappa shape index (κ3) is 3.91. The number of aryl methyl sites for hydroxylation is 1. The molecule has 0 atom stereocenters. The number of pyridine rings is 1. The van der Waals surface area contributed by atoms with Gasteiger partial charge in [0, 0.05) is 30.9 Å². The Hall–Kier alpha value is -3.02. The molecule has 1 N–H and O–H groups in total. The summed E-state index contributed by atoms with van der Waals surface area (Å²) >= 11 is 0. The molecule has 0 radical (unpaired) electrons. The first kappa shape index (κ1) is 16.8. The highest BCUT2D eigenvalue weighted by atomic mass is 16.5. The van der Waals surface area contributed by atoms with Crippen molar-refractivity contribution in [2.75, 3.05) is 26.2 Å². The number of rotatable bonds is 6. The smallest absolute Gasteiger partial charge is 0.151 e. The van der Waals surface area contributed by atoms with Crippen LogP contribution in [-0.2, 0) is 6.54 Å². The van der Waals surface area contributed by atoms with Crippen molar-refractivity contribution in [1.82, 2.24) is 15.2 Å². The molecule has 2 heterocycles. The Morgan fingerprint density at radius 3 is 2.40 bits per heavy atom. The van der Waals surface area contributed by atoms with Crippen molar-refractivity contribution in [3.63, 3.8) is 0 Å². The number of aromatic amines is 1. The van der Waals surface area contributed by atoms with Gasteiger partial charge in [0.25, 0.3) is 0 Å². The molecule has 0 spiro atoms. The number of benzene rings is 1. The Morgan fingerprint density at radius 1 is 1.00 bits per heavy atom. The number of hydrogen-bond acceptors (Lipinski definition) is 5. The number of anilines is 1. The largest absolute Gasteiger partial charge is 0.497 e. The monoisotopic (exact) mass is 338 g/mol. The van der Waals surface area contributed by atoms with Crippen molar-refractivity contribution in [3.05, 3.63) is 53.9 Å². The van der Waals surface area contributed by atoms with Crippen LogP contribution in [0, 0.1) is 6.92 Å². The van der Waals surface area contributed by atoms with Crippen molar-refractivity contribution in [3.8, 4) is 22.8 Å². The van der Waals surface area contributed by atoms with E-state index in [2.05, 4.69) is 15.2 Å². The van der Waals surface area contributed by atoms with Gasteiger partial charge in [-0.25, -0.2) is 0 Å². The third-order valence-corrected chi connectivity index (χ3v) is 3.97. The first-order valence-electron chi connectivity index (χ1n) is 8.01. The van der Waals surface area contributed by atoms with Gasteiger partial charge in [0.15, 0.2) is 5.82 Å². The highest BCUT2D eigenvalue weighted by Crippen LogP contribution is 2.24. The van der Waals surface area contributed by atoms with Crippen molar-refractivity contribution >= 4 is 5.82 Å². The second-order valence-electron chi connectivity index (χ2n) is 5.86. The van der Waals surface area contributed by atoms with Crippen LogP contribution in [0.3, 0.4) is 0 Å². The van der Waals surface area contributed by atoms with E-state index in [1.807, 2.05) is 61.3 Å². The van der Waals surface area contributed by atoms with Crippen LogP contribution in [0.25, 0.3) is 11.3 Å². The summed E-state index contributed by atoms with van der Waals surface area (Å²) in [5.74, 6) is 2.50. The molecule has 1 aromatic carbocycles. The Balaban J connectivity index is 1.76. The Kier molecular flexibility index (Phi) is 4.88. The minimum atomic E-state index is 0.644. The maximum Gasteiger partial charge on any atom is 0.151 e. The summed E-state index contributed by atoms with van der Waals surface area (Å²) in [7, 11) is 5.31. The molecule has 2 aromatic heterocycles. The molecule has 0 fully saturated rings. The van der Waals surface area contributed by atoms with Gasteiger partial charge in [0.1, 0.15) is 11.5 Å². The lowest BCUT2D eigenvalue weighted by atomic mass is 10.1. The number of nitrogens with zero attached hydrogens (tertiary/aromatic N) is 3. The topological polar surface area (TPSA) is 63.3 Å². The highest BCUT2D eigenvalue weighted by Gasteiger charge is 2.10. The van der Waals surface area contributed by atoms with Gasteiger partial charge < -0.3 is 14.4 Å². The predicted octanol–water partition coefficient (Wildman–Crippen LogP) is 3.43. The zero-order valence-electron chi connectivity index (χ0n) is 14.9. The molecule has 25 heavy (non-hydrogen) atoms. The molecule has 0 bridgehead atoms. The molecule has 0 aliphatic rings. The zero-order chi connectivity index (χ0) is 17.8. The van der Waals surface area contributed by atoms with E-state index in [1.165, 1.54) is 0 Å². The summed E-state index contributed by atoms with van der Waals surface area (Å²) in [6.07, 6.45) is 0. The standard InChI is InChI=1S/C19H22N4O2/c1-13-9-17(25-4)10-15(20-13)12-23(2)19-11-18(21-22-19)14-5-7-16(24-3)8-6-14/h5-11H,12H2,1-4H3,(H,21,22). The van der Waals surface area contributed by atoms with Crippen LogP contribution < -0.4 is 14.4 Å². The van der Waals surface area contributed by atoms with E-state index in [4.69, 9.17) is 9.47 Å². The molecule has 0 unspecified atom stereocenters. The summed E-state index contributed by atoms with van der Waals surface area (Å²) in [6.45, 7) is 2.60. The summed E-state index contributed by atoms with van der Waals surface area (Å²) in [5, 5.41) is 7.49. The average molecular weight is 338 g/mol. The summed E-state index contributed by atoms with van der Waals surface area (Å²) in [5.41, 5.74) is 3.89. The number of methoxy groups -OCH3 is 2. The van der Waals surface area contributed by atoms with Crippen molar-refractivity contribution < 1.29 is 9.47 Å². The normalized spacial score (nSPS) is 10.6. The third-order valence-electron chi connectivity index (χ3n) is 3.97. The van der Waals surface area contributed by atoms with E-state index >= 15 is 0 Å². The number of ether oxygens (including phenoxy) is 2. The molecule has 6 nitrogen and oxygen atoms in total. The SMILES string of the molecule is COc1ccc(-c2cc(N(C)Cc3cc(OC)cc(C)n3)n[nH]2)cc1. The molecular weight excluding hydrogens is 316 g/mol. The molecule has 130 valence electrons. The zero-order valence-corrected chi connectivity index (χ0v) is 14.9. The van der Waals surface area contributed by atoms with Crippen LogP contribution >= 0.6 is 0 Å². The average Bonchev–Trinajstić information content (AvgIpc) is 3.11. The lowest BCUT2D eigenvalue weighted by Gasteiger charge is -2.16. The van der Waals surface area contributed by atoms with E-state index in [-0.39, 0.29) is 0 Å². The minimum Gasteiger partial charge on any atom is -0.497 e. The Bertz CT molecular complexity index is 843. The van der Waals surface area contributed by atoms with Crippen LogP contribution in [0.2, 0.25) is 0 Å². The van der Waals surface area contributed by atoms with Crippen LogP contribution in [0.1, 0.15) is 11.4 Å². The van der Waals surface area contributed by atoms with Crippen LogP contribution in [-0.4, -0.2) is 36.4 Å². The van der Waals surface area contributed by atoms with Gasteiger partial charge in [-0.3, -0.25) is 10.1 Å². The fraction of sp³-hybridized carbons (Fsp3) is 0.263. The van der Waals surface area contributed by atoms with E-state index in [0.717, 1.165) is 40.0 Å². The highest BCUT2D eigenvalue weighted by molar-refractivity contribution is 5.63. The number of aromatic nitrogens is 3. The molecule has 0 saturated heterocycles. The van der Waals surface area contributed by atoms with E-state index in [1.54, 1.807) is 14.2 Å². The predicted molar refractivity (Wildman–Crippen MR) is 98.2 cm³/mol. The van der Waals surface area contributed by atoms with Crippen molar-refractivity contribution in [2.45, 2.75) is 13.5 Å². The fourth-order valence-electron chi connectivity index (χ4n) is 2.65. The van der Waals surface area contributed by atoms with E-state index in [9.17, 15) is 0 Å². The van der Waals surface area contributed by atoms with Gasteiger partial charge in [0.2, 0.25) is 0 Å². The second-order valence-corrected chi connectivity index (χ2v) is 5.86. The van der Waals surface area contributed by atoms with Crippen LogP contribution in [0.15, 0.2) is 42.5 Å². The number of nitrogens with one attached hydrogen (secondary N) is 1. The number of hydrogen-bond donors (Lipinski definition) is 1. The van der Waals surface area contributed by atoms with Gasteiger partial charge in [-0.2, -0.15) is 5.10 Å².